The van der Waals surface area contributed by atoms with Crippen molar-refractivity contribution in [1.82, 2.24) is 0 Å². The molecule has 0 aliphatic carbocycles. The first-order chi connectivity index (χ1) is 13.9. The van der Waals surface area contributed by atoms with Gasteiger partial charge in [-0.05, 0) is 48.2 Å². The molecule has 0 fully saturated rings. The fourth-order valence-corrected chi connectivity index (χ4v) is 3.17. The highest BCUT2D eigenvalue weighted by Crippen LogP contribution is 2.30. The molecule has 0 radical (unpaired) electrons. The Hall–Kier alpha value is -2.25. The van der Waals surface area contributed by atoms with E-state index in [9.17, 15) is 13.2 Å². The first-order valence-corrected chi connectivity index (χ1v) is 10.4. The van der Waals surface area contributed by atoms with Crippen LogP contribution < -0.4 is 5.73 Å². The van der Waals surface area contributed by atoms with Gasteiger partial charge in [-0.25, -0.2) is 0 Å². The van der Waals surface area contributed by atoms with Crippen molar-refractivity contribution in [3.63, 3.8) is 0 Å². The summed E-state index contributed by atoms with van der Waals surface area (Å²) in [4.78, 5) is 0. The summed E-state index contributed by atoms with van der Waals surface area (Å²) >= 11 is 0. The largest absolute Gasteiger partial charge is 0.416 e. The van der Waals surface area contributed by atoms with Crippen molar-refractivity contribution < 1.29 is 13.2 Å². The molecule has 2 rings (SSSR count). The molecule has 156 valence electrons. The molecule has 0 aliphatic heterocycles. The van der Waals surface area contributed by atoms with Crippen LogP contribution in [0.1, 0.15) is 80.2 Å². The zero-order chi connectivity index (χ0) is 21.1. The molecule has 0 aromatic heterocycles. The minimum absolute atomic E-state index is 0.345. The molecular weight excluding hydrogens is 371 g/mol. The Morgan fingerprint density at radius 1 is 0.862 bits per heavy atom. The number of halogens is 3. The fourth-order valence-electron chi connectivity index (χ4n) is 3.17. The lowest BCUT2D eigenvalue weighted by molar-refractivity contribution is -0.137. The predicted molar refractivity (Wildman–Crippen MR) is 113 cm³/mol. The van der Waals surface area contributed by atoms with Gasteiger partial charge in [0.15, 0.2) is 0 Å². The van der Waals surface area contributed by atoms with E-state index in [4.69, 9.17) is 5.73 Å². The van der Waals surface area contributed by atoms with Crippen LogP contribution in [0.15, 0.2) is 48.5 Å². The van der Waals surface area contributed by atoms with E-state index in [0.717, 1.165) is 36.1 Å². The van der Waals surface area contributed by atoms with Crippen molar-refractivity contribution in [1.29, 1.82) is 0 Å². The summed E-state index contributed by atoms with van der Waals surface area (Å²) in [5, 5.41) is 0. The van der Waals surface area contributed by atoms with E-state index in [1.165, 1.54) is 44.2 Å². The van der Waals surface area contributed by atoms with E-state index in [2.05, 4.69) is 18.8 Å². The van der Waals surface area contributed by atoms with Crippen molar-refractivity contribution in [2.45, 2.75) is 70.5 Å². The van der Waals surface area contributed by atoms with Gasteiger partial charge in [0.1, 0.15) is 0 Å². The van der Waals surface area contributed by atoms with E-state index < -0.39 is 11.7 Å². The minimum Gasteiger partial charge on any atom is -0.324 e. The highest BCUT2D eigenvalue weighted by atomic mass is 19.4. The van der Waals surface area contributed by atoms with Gasteiger partial charge >= 0.3 is 6.18 Å². The highest BCUT2D eigenvalue weighted by molar-refractivity contribution is 5.37. The van der Waals surface area contributed by atoms with Crippen LogP contribution in [0.2, 0.25) is 0 Å². The van der Waals surface area contributed by atoms with Gasteiger partial charge in [0.2, 0.25) is 0 Å². The third-order valence-electron chi connectivity index (χ3n) is 4.96. The van der Waals surface area contributed by atoms with Gasteiger partial charge in [0, 0.05) is 18.0 Å². The van der Waals surface area contributed by atoms with Crippen LogP contribution in [0.25, 0.3) is 0 Å². The first-order valence-electron chi connectivity index (χ1n) is 10.4. The zero-order valence-electron chi connectivity index (χ0n) is 17.1. The number of benzene rings is 2. The van der Waals surface area contributed by atoms with Gasteiger partial charge in [-0.3, -0.25) is 0 Å². The molecule has 2 aromatic carbocycles. The molecule has 0 saturated carbocycles. The van der Waals surface area contributed by atoms with Gasteiger partial charge in [0.05, 0.1) is 5.56 Å². The van der Waals surface area contributed by atoms with E-state index in [-0.39, 0.29) is 6.04 Å². The summed E-state index contributed by atoms with van der Waals surface area (Å²) in [6.45, 7) is 2.22. The fraction of sp³-hybridized carbons (Fsp3) is 0.440. The second-order valence-electron chi connectivity index (χ2n) is 7.45. The van der Waals surface area contributed by atoms with Gasteiger partial charge < -0.3 is 5.73 Å². The molecule has 0 bridgehead atoms. The van der Waals surface area contributed by atoms with Gasteiger partial charge in [-0.15, -0.1) is 0 Å². The van der Waals surface area contributed by atoms with E-state index >= 15 is 0 Å². The summed E-state index contributed by atoms with van der Waals surface area (Å²) in [5.41, 5.74) is 8.23. The molecule has 0 saturated heterocycles. The quantitative estimate of drug-likeness (QED) is 0.353. The lowest BCUT2D eigenvalue weighted by Crippen LogP contribution is -2.14. The number of rotatable bonds is 9. The maximum Gasteiger partial charge on any atom is 0.416 e. The Bertz CT molecular complexity index is 780. The molecule has 2 N–H and O–H groups in total. The number of alkyl halides is 3. The van der Waals surface area contributed by atoms with E-state index in [1.807, 2.05) is 24.3 Å². The minimum atomic E-state index is -4.32. The molecule has 1 nitrogen and oxygen atoms in total. The second-order valence-corrected chi connectivity index (χ2v) is 7.45. The Labute approximate surface area is 172 Å². The van der Waals surface area contributed by atoms with Crippen LogP contribution in [-0.2, 0) is 12.6 Å². The van der Waals surface area contributed by atoms with E-state index in [1.54, 1.807) is 0 Å². The van der Waals surface area contributed by atoms with Crippen LogP contribution in [0, 0.1) is 11.8 Å². The maximum atomic E-state index is 12.7. The summed E-state index contributed by atoms with van der Waals surface area (Å²) in [7, 11) is 0. The van der Waals surface area contributed by atoms with Crippen molar-refractivity contribution >= 4 is 0 Å². The molecule has 29 heavy (non-hydrogen) atoms. The average Bonchev–Trinajstić information content (AvgIpc) is 2.70. The van der Waals surface area contributed by atoms with E-state index in [0.29, 0.717) is 12.0 Å². The van der Waals surface area contributed by atoms with Crippen LogP contribution in [0.5, 0.6) is 0 Å². The number of hydrogen-bond acceptors (Lipinski definition) is 1. The monoisotopic (exact) mass is 401 g/mol. The molecular formula is C25H30F3N. The molecule has 0 heterocycles. The lowest BCUT2D eigenvalue weighted by atomic mass is 9.98. The Morgan fingerprint density at radius 3 is 2.10 bits per heavy atom. The molecule has 2 aromatic rings. The molecule has 4 heteroatoms. The topological polar surface area (TPSA) is 26.0 Å². The van der Waals surface area contributed by atoms with Crippen molar-refractivity contribution in [2.75, 3.05) is 0 Å². The molecule has 0 spiro atoms. The summed E-state index contributed by atoms with van der Waals surface area (Å²) in [6.07, 6.45) is 4.76. The molecule has 0 aliphatic rings. The van der Waals surface area contributed by atoms with Crippen molar-refractivity contribution in [3.8, 4) is 11.8 Å². The maximum absolute atomic E-state index is 12.7. The van der Waals surface area contributed by atoms with Crippen molar-refractivity contribution in [3.05, 3.63) is 70.8 Å². The molecule has 0 amide bonds. The molecule has 1 atom stereocenters. The zero-order valence-corrected chi connectivity index (χ0v) is 17.1. The number of hydrogen-bond donors (Lipinski definition) is 1. The second kappa shape index (κ2) is 11.7. The Morgan fingerprint density at radius 2 is 1.48 bits per heavy atom. The van der Waals surface area contributed by atoms with Gasteiger partial charge in [-0.2, -0.15) is 13.2 Å². The Kier molecular flexibility index (Phi) is 9.28. The van der Waals surface area contributed by atoms with Crippen LogP contribution in [-0.4, -0.2) is 0 Å². The van der Waals surface area contributed by atoms with Crippen LogP contribution in [0.3, 0.4) is 0 Å². The number of nitrogens with two attached hydrogens (primary N) is 1. The predicted octanol–water partition coefficient (Wildman–Crippen LogP) is 7.05. The SMILES string of the molecule is CCCCCCCCC#Cc1ccc(CC(N)c2ccc(C(F)(F)F)cc2)cc1. The van der Waals surface area contributed by atoms with Crippen molar-refractivity contribution in [2.24, 2.45) is 5.73 Å². The van der Waals surface area contributed by atoms with Gasteiger partial charge in [0.25, 0.3) is 0 Å². The summed E-state index contributed by atoms with van der Waals surface area (Å²) in [5.74, 6) is 6.42. The summed E-state index contributed by atoms with van der Waals surface area (Å²) < 4.78 is 38.0. The average molecular weight is 402 g/mol. The van der Waals surface area contributed by atoms with Crippen LogP contribution >= 0.6 is 0 Å². The third kappa shape index (κ3) is 8.33. The standard InChI is InChI=1S/C25H30F3N/c1-2-3-4-5-6-7-8-9-10-20-11-13-21(14-12-20)19-24(29)22-15-17-23(18-16-22)25(26,27)28/h11-18,24H,2-8,19,29H2,1H3. The van der Waals surface area contributed by atoms with Crippen LogP contribution in [0.4, 0.5) is 13.2 Å². The van der Waals surface area contributed by atoms with Gasteiger partial charge in [-0.1, -0.05) is 75.1 Å². The first kappa shape index (κ1) is 23.0. The summed E-state index contributed by atoms with van der Waals surface area (Å²) in [6, 6.07) is 12.6. The highest BCUT2D eigenvalue weighted by Gasteiger charge is 2.30. The molecule has 1 unspecified atom stereocenters. The Balaban J connectivity index is 1.80. The number of unbranched alkanes of at least 4 members (excludes halogenated alkanes) is 6. The lowest BCUT2D eigenvalue weighted by Gasteiger charge is -2.14. The third-order valence-corrected chi connectivity index (χ3v) is 4.96. The normalized spacial score (nSPS) is 12.3. The smallest absolute Gasteiger partial charge is 0.324 e.